The van der Waals surface area contributed by atoms with Crippen molar-refractivity contribution in [1.82, 2.24) is 0 Å². The third-order valence-corrected chi connectivity index (χ3v) is 6.51. The van der Waals surface area contributed by atoms with Crippen LogP contribution in [0, 0.1) is 17.3 Å². The largest absolute Gasteiger partial charge is 0.497 e. The number of hydrogen-bond donors (Lipinski definition) is 0. The van der Waals surface area contributed by atoms with Gasteiger partial charge in [-0.05, 0) is 80.2 Å². The quantitative estimate of drug-likeness (QED) is 0.524. The Kier molecular flexibility index (Phi) is 5.27. The van der Waals surface area contributed by atoms with Crippen LogP contribution in [0.5, 0.6) is 5.75 Å². The molecule has 1 fully saturated rings. The van der Waals surface area contributed by atoms with E-state index in [1.807, 2.05) is 0 Å². The number of ether oxygens (including phenoxy) is 2. The van der Waals surface area contributed by atoms with Crippen LogP contribution in [0.25, 0.3) is 0 Å². The van der Waals surface area contributed by atoms with Crippen molar-refractivity contribution < 1.29 is 14.3 Å². The van der Waals surface area contributed by atoms with Crippen molar-refractivity contribution >= 4 is 5.97 Å². The highest BCUT2D eigenvalue weighted by Gasteiger charge is 2.44. The molecule has 1 aromatic rings. The number of carbonyl (C=O) groups is 1. The molecule has 0 aliphatic heterocycles. The molecule has 3 rings (SSSR count). The number of allylic oxidation sites excluding steroid dienone is 2. The van der Waals surface area contributed by atoms with E-state index in [9.17, 15) is 4.79 Å². The topological polar surface area (TPSA) is 35.5 Å². The molecule has 1 aromatic carbocycles. The van der Waals surface area contributed by atoms with Gasteiger partial charge in [0, 0.05) is 0 Å². The summed E-state index contributed by atoms with van der Waals surface area (Å²) in [6.45, 7) is 11.0. The molecule has 0 unspecified atom stereocenters. The van der Waals surface area contributed by atoms with Crippen LogP contribution in [-0.4, -0.2) is 19.2 Å². The van der Waals surface area contributed by atoms with Gasteiger partial charge in [-0.2, -0.15) is 0 Å². The Morgan fingerprint density at radius 1 is 1.27 bits per heavy atom. The number of methoxy groups -OCH3 is 1. The van der Waals surface area contributed by atoms with E-state index < -0.39 is 0 Å². The van der Waals surface area contributed by atoms with E-state index in [1.165, 1.54) is 11.1 Å². The monoisotopic (exact) mass is 354 g/mol. The Hall–Kier alpha value is -2.03. The lowest BCUT2D eigenvalue weighted by Gasteiger charge is -2.48. The Bertz CT molecular complexity index is 715. The van der Waals surface area contributed by atoms with Crippen LogP contribution in [0.3, 0.4) is 0 Å². The van der Waals surface area contributed by atoms with Crippen molar-refractivity contribution in [1.29, 1.82) is 0 Å². The van der Waals surface area contributed by atoms with E-state index in [-0.39, 0.29) is 17.5 Å². The lowest BCUT2D eigenvalue weighted by Crippen LogP contribution is -2.40. The smallest absolute Gasteiger partial charge is 0.338 e. The molecule has 4 atom stereocenters. The van der Waals surface area contributed by atoms with Gasteiger partial charge in [-0.25, -0.2) is 4.79 Å². The van der Waals surface area contributed by atoms with Gasteiger partial charge in [-0.1, -0.05) is 31.6 Å². The highest BCUT2D eigenvalue weighted by molar-refractivity contribution is 5.89. The average molecular weight is 354 g/mol. The second kappa shape index (κ2) is 7.30. The van der Waals surface area contributed by atoms with Crippen molar-refractivity contribution in [3.63, 3.8) is 0 Å². The summed E-state index contributed by atoms with van der Waals surface area (Å²) in [6.07, 6.45) is 6.36. The first-order chi connectivity index (χ1) is 12.3. The number of esters is 1. The van der Waals surface area contributed by atoms with Gasteiger partial charge < -0.3 is 9.47 Å². The van der Waals surface area contributed by atoms with Gasteiger partial charge in [-0.15, -0.1) is 0 Å². The lowest BCUT2D eigenvalue weighted by molar-refractivity contribution is 0.0224. The maximum atomic E-state index is 12.5. The van der Waals surface area contributed by atoms with E-state index in [1.54, 1.807) is 31.4 Å². The van der Waals surface area contributed by atoms with Gasteiger partial charge in [0.2, 0.25) is 0 Å². The molecule has 0 radical (unpaired) electrons. The molecule has 140 valence electrons. The van der Waals surface area contributed by atoms with Crippen LogP contribution in [0.1, 0.15) is 56.8 Å². The number of carbonyl (C=O) groups excluding carboxylic acids is 1. The molecule has 1 saturated carbocycles. The fraction of sp³-hybridized carbons (Fsp3) is 0.522. The minimum atomic E-state index is -0.263. The van der Waals surface area contributed by atoms with Crippen molar-refractivity contribution in [2.75, 3.05) is 7.11 Å². The molecule has 3 nitrogen and oxygen atoms in total. The lowest BCUT2D eigenvalue weighted by atomic mass is 9.57. The summed E-state index contributed by atoms with van der Waals surface area (Å²) in [5, 5.41) is 0. The third-order valence-electron chi connectivity index (χ3n) is 6.51. The molecule has 0 heterocycles. The predicted octanol–water partition coefficient (Wildman–Crippen LogP) is 5.57. The molecule has 0 aromatic heterocycles. The fourth-order valence-corrected chi connectivity index (χ4v) is 4.49. The van der Waals surface area contributed by atoms with E-state index in [4.69, 9.17) is 9.47 Å². The van der Waals surface area contributed by atoms with Gasteiger partial charge in [0.1, 0.15) is 11.9 Å². The summed E-state index contributed by atoms with van der Waals surface area (Å²) in [6, 6.07) is 7.08. The fourth-order valence-electron chi connectivity index (χ4n) is 4.49. The zero-order valence-electron chi connectivity index (χ0n) is 16.4. The van der Waals surface area contributed by atoms with Crippen molar-refractivity contribution in [2.24, 2.45) is 17.3 Å². The summed E-state index contributed by atoms with van der Waals surface area (Å²) >= 11 is 0. The first-order valence-electron chi connectivity index (χ1n) is 9.55. The van der Waals surface area contributed by atoms with Gasteiger partial charge in [-0.3, -0.25) is 0 Å². The van der Waals surface area contributed by atoms with E-state index in [0.29, 0.717) is 17.4 Å². The van der Waals surface area contributed by atoms with Gasteiger partial charge in [0.05, 0.1) is 12.7 Å². The summed E-state index contributed by atoms with van der Waals surface area (Å²) in [5.41, 5.74) is 3.52. The van der Waals surface area contributed by atoms with Gasteiger partial charge >= 0.3 is 5.97 Å². The zero-order valence-corrected chi connectivity index (χ0v) is 16.4. The standard InChI is InChI=1S/C23H30O3/c1-15(2)18-6-9-19-13-21(12-16(3)23(19,4)14-18)26-22(24)17-7-10-20(25-5)11-8-17/h7-8,10-11,13,16,18,21H,1,6,9,12,14H2,2-5H3/t16-,18-,21-,23+/m1/s1. The van der Waals surface area contributed by atoms with Crippen LogP contribution < -0.4 is 4.74 Å². The van der Waals surface area contributed by atoms with Crippen LogP contribution in [0.15, 0.2) is 48.1 Å². The van der Waals surface area contributed by atoms with Crippen molar-refractivity contribution in [3.8, 4) is 5.75 Å². The van der Waals surface area contributed by atoms with E-state index in [2.05, 4.69) is 33.4 Å². The maximum absolute atomic E-state index is 12.5. The number of hydrogen-bond acceptors (Lipinski definition) is 3. The normalized spacial score (nSPS) is 30.8. The SMILES string of the molecule is C=C(C)[C@@H]1CCC2=C[C@H](OC(=O)c3ccc(OC)cc3)C[C@@H](C)[C@]2(C)C1. The molecule has 0 bridgehead atoms. The molecule has 0 amide bonds. The maximum Gasteiger partial charge on any atom is 0.338 e. The first-order valence-corrected chi connectivity index (χ1v) is 9.55. The number of rotatable bonds is 4. The summed E-state index contributed by atoms with van der Waals surface area (Å²) < 4.78 is 11.0. The van der Waals surface area contributed by atoms with Gasteiger partial charge in [0.25, 0.3) is 0 Å². The summed E-state index contributed by atoms with van der Waals surface area (Å²) in [4.78, 5) is 12.5. The van der Waals surface area contributed by atoms with E-state index in [0.717, 1.165) is 31.4 Å². The number of benzene rings is 1. The molecule has 2 aliphatic rings. The average Bonchev–Trinajstić information content (AvgIpc) is 2.62. The summed E-state index contributed by atoms with van der Waals surface area (Å²) in [5.74, 6) is 1.57. The molecule has 0 N–H and O–H groups in total. The van der Waals surface area contributed by atoms with Crippen LogP contribution in [0.2, 0.25) is 0 Å². The van der Waals surface area contributed by atoms with E-state index >= 15 is 0 Å². The van der Waals surface area contributed by atoms with Crippen LogP contribution in [0.4, 0.5) is 0 Å². The highest BCUT2D eigenvalue weighted by Crippen LogP contribution is 2.53. The Labute approximate surface area is 157 Å². The van der Waals surface area contributed by atoms with Crippen LogP contribution in [-0.2, 0) is 4.74 Å². The molecule has 0 spiro atoms. The highest BCUT2D eigenvalue weighted by atomic mass is 16.5. The second-order valence-electron chi connectivity index (χ2n) is 8.20. The van der Waals surface area contributed by atoms with Gasteiger partial charge in [0.15, 0.2) is 0 Å². The molecule has 26 heavy (non-hydrogen) atoms. The molecule has 0 saturated heterocycles. The van der Waals surface area contributed by atoms with Crippen molar-refractivity contribution in [3.05, 3.63) is 53.6 Å². The molecular weight excluding hydrogens is 324 g/mol. The Balaban J connectivity index is 1.73. The third kappa shape index (κ3) is 3.58. The molecular formula is C23H30O3. The van der Waals surface area contributed by atoms with Crippen LogP contribution >= 0.6 is 0 Å². The minimum Gasteiger partial charge on any atom is -0.497 e. The zero-order chi connectivity index (χ0) is 18.9. The second-order valence-corrected chi connectivity index (χ2v) is 8.20. The Morgan fingerprint density at radius 2 is 1.96 bits per heavy atom. The number of fused-ring (bicyclic) bond motifs is 1. The minimum absolute atomic E-state index is 0.135. The Morgan fingerprint density at radius 3 is 2.58 bits per heavy atom. The first kappa shape index (κ1) is 18.8. The van der Waals surface area contributed by atoms with Crippen molar-refractivity contribution in [2.45, 2.75) is 52.6 Å². The molecule has 2 aliphatic carbocycles. The molecule has 3 heteroatoms. The summed E-state index contributed by atoms with van der Waals surface area (Å²) in [7, 11) is 1.61. The predicted molar refractivity (Wildman–Crippen MR) is 104 cm³/mol.